The van der Waals surface area contributed by atoms with Gasteiger partial charge in [-0.1, -0.05) is 43.7 Å². The maximum absolute atomic E-state index is 13.1. The molecule has 1 aliphatic carbocycles. The number of nitrogens with one attached hydrogen (secondary N) is 4. The van der Waals surface area contributed by atoms with Gasteiger partial charge in [0, 0.05) is 43.3 Å². The fraction of sp³-hybridized carbons (Fsp3) is 0.667. The van der Waals surface area contributed by atoms with Crippen LogP contribution in [0.5, 0.6) is 0 Å². The number of ether oxygens (including phenoxy) is 1. The monoisotopic (exact) mass is 535 g/mol. The van der Waals surface area contributed by atoms with Crippen LogP contribution in [0.1, 0.15) is 73.7 Å². The normalized spacial score (nSPS) is 20.1. The first-order valence-corrected chi connectivity index (χ1v) is 13.8. The summed E-state index contributed by atoms with van der Waals surface area (Å²) < 4.78 is 4.65. The molecule has 4 amide bonds. The van der Waals surface area contributed by atoms with Crippen LogP contribution in [-0.2, 0) is 10.3 Å². The minimum atomic E-state index is -0.684. The number of rotatable bonds is 12. The number of benzene rings is 1. The third kappa shape index (κ3) is 7.98. The highest BCUT2D eigenvalue weighted by molar-refractivity contribution is 6.30. The summed E-state index contributed by atoms with van der Waals surface area (Å²) in [5.41, 5.74) is 0.747. The predicted molar refractivity (Wildman–Crippen MR) is 145 cm³/mol. The lowest BCUT2D eigenvalue weighted by Crippen LogP contribution is -2.49. The standard InChI is InChI=1S/C27H42ClN5O4/c1-29-18-21(16-19-8-5-4-6-9-19)31-25(35)33(2)15-13-27(12-7-14-30-26(36)37-3)23-17-20(28)10-11-22(23)24(34)32-27/h10-11,17,19,21,29H,4-9,12-16,18H2,1-3H3,(H,30,36)(H,31,35)(H,32,34)/t21-,27+/m0/s1. The molecule has 2 atom stereocenters. The van der Waals surface area contributed by atoms with Crippen LogP contribution in [-0.4, -0.2) is 69.8 Å². The molecule has 1 saturated carbocycles. The highest BCUT2D eigenvalue weighted by atomic mass is 35.5. The summed E-state index contributed by atoms with van der Waals surface area (Å²) in [6, 6.07) is 5.24. The van der Waals surface area contributed by atoms with Crippen molar-refractivity contribution >= 4 is 29.6 Å². The van der Waals surface area contributed by atoms with Crippen molar-refractivity contribution in [2.45, 2.75) is 69.4 Å². The molecule has 1 aromatic carbocycles. The van der Waals surface area contributed by atoms with E-state index >= 15 is 0 Å². The van der Waals surface area contributed by atoms with Gasteiger partial charge in [0.1, 0.15) is 0 Å². The van der Waals surface area contributed by atoms with Crippen LogP contribution >= 0.6 is 11.6 Å². The molecular weight excluding hydrogens is 494 g/mol. The van der Waals surface area contributed by atoms with Gasteiger partial charge < -0.3 is 30.9 Å². The van der Waals surface area contributed by atoms with E-state index in [9.17, 15) is 14.4 Å². The molecule has 0 aromatic heterocycles. The Morgan fingerprint density at radius 3 is 2.70 bits per heavy atom. The van der Waals surface area contributed by atoms with Gasteiger partial charge in [-0.25, -0.2) is 9.59 Å². The minimum absolute atomic E-state index is 0.0760. The molecule has 37 heavy (non-hydrogen) atoms. The zero-order valence-electron chi connectivity index (χ0n) is 22.3. The van der Waals surface area contributed by atoms with Crippen molar-refractivity contribution in [3.05, 3.63) is 34.3 Å². The molecule has 1 heterocycles. The average molecular weight is 536 g/mol. The van der Waals surface area contributed by atoms with Gasteiger partial charge in [0.05, 0.1) is 12.6 Å². The molecule has 9 nitrogen and oxygen atoms in total. The molecule has 0 unspecified atom stereocenters. The van der Waals surface area contributed by atoms with Gasteiger partial charge in [0.2, 0.25) is 0 Å². The summed E-state index contributed by atoms with van der Waals surface area (Å²) in [4.78, 5) is 39.1. The first-order valence-electron chi connectivity index (χ1n) is 13.4. The van der Waals surface area contributed by atoms with Crippen molar-refractivity contribution in [3.63, 3.8) is 0 Å². The Morgan fingerprint density at radius 2 is 2.00 bits per heavy atom. The Balaban J connectivity index is 1.65. The number of carbonyl (C=O) groups is 3. The number of halogens is 1. The Labute approximate surface area is 225 Å². The Hall–Kier alpha value is -2.52. The third-order valence-corrected chi connectivity index (χ3v) is 7.91. The summed E-state index contributed by atoms with van der Waals surface area (Å²) in [5, 5.41) is 12.8. The van der Waals surface area contributed by atoms with Crippen LogP contribution in [0.2, 0.25) is 5.02 Å². The van der Waals surface area contributed by atoms with Crippen molar-refractivity contribution in [1.82, 2.24) is 26.2 Å². The van der Waals surface area contributed by atoms with Crippen LogP contribution in [0, 0.1) is 5.92 Å². The maximum atomic E-state index is 13.1. The number of urea groups is 1. The summed E-state index contributed by atoms with van der Waals surface area (Å²) in [7, 11) is 5.02. The third-order valence-electron chi connectivity index (χ3n) is 7.67. The fourth-order valence-corrected chi connectivity index (χ4v) is 5.82. The average Bonchev–Trinajstić information content (AvgIpc) is 3.16. The van der Waals surface area contributed by atoms with E-state index in [-0.39, 0.29) is 18.0 Å². The van der Waals surface area contributed by atoms with Gasteiger partial charge in [-0.05, 0) is 62.4 Å². The van der Waals surface area contributed by atoms with E-state index in [0.717, 1.165) is 18.5 Å². The fourth-order valence-electron chi connectivity index (χ4n) is 5.64. The molecule has 1 aliphatic heterocycles. The molecule has 0 saturated heterocycles. The SMILES string of the molecule is CNC[C@H](CC1CCCCC1)NC(=O)N(C)CC[C@@]1(CCCNC(=O)OC)NC(=O)c2ccc(Cl)cc21. The van der Waals surface area contributed by atoms with E-state index < -0.39 is 11.6 Å². The molecule has 1 aromatic rings. The van der Waals surface area contributed by atoms with E-state index in [2.05, 4.69) is 26.0 Å². The largest absolute Gasteiger partial charge is 0.453 e. The van der Waals surface area contributed by atoms with Gasteiger partial charge in [-0.15, -0.1) is 0 Å². The zero-order chi connectivity index (χ0) is 26.8. The molecule has 2 aliphatic rings. The smallest absolute Gasteiger partial charge is 0.406 e. The van der Waals surface area contributed by atoms with Gasteiger partial charge in [-0.3, -0.25) is 4.79 Å². The summed E-state index contributed by atoms with van der Waals surface area (Å²) in [6.45, 7) is 1.58. The van der Waals surface area contributed by atoms with Gasteiger partial charge in [0.15, 0.2) is 0 Å². The van der Waals surface area contributed by atoms with E-state index in [4.69, 9.17) is 11.6 Å². The van der Waals surface area contributed by atoms with E-state index in [1.807, 2.05) is 13.1 Å². The maximum Gasteiger partial charge on any atom is 0.406 e. The molecule has 1 fully saturated rings. The molecule has 0 bridgehead atoms. The van der Waals surface area contributed by atoms with Crippen molar-refractivity contribution in [3.8, 4) is 0 Å². The van der Waals surface area contributed by atoms with Gasteiger partial charge in [-0.2, -0.15) is 0 Å². The second kappa shape index (κ2) is 13.9. The number of carbonyl (C=O) groups excluding carboxylic acids is 3. The highest BCUT2D eigenvalue weighted by Crippen LogP contribution is 2.39. The van der Waals surface area contributed by atoms with Crippen molar-refractivity contribution < 1.29 is 19.1 Å². The van der Waals surface area contributed by atoms with Crippen LogP contribution in [0.3, 0.4) is 0 Å². The molecule has 206 valence electrons. The second-order valence-electron chi connectivity index (χ2n) is 10.4. The number of hydrogen-bond acceptors (Lipinski definition) is 5. The number of methoxy groups -OCH3 is 1. The Bertz CT molecular complexity index is 939. The number of amides is 4. The number of hydrogen-bond donors (Lipinski definition) is 4. The molecule has 10 heteroatoms. The lowest BCUT2D eigenvalue weighted by molar-refractivity contribution is 0.0915. The summed E-state index contributed by atoms with van der Waals surface area (Å²) in [5.74, 6) is 0.510. The first-order chi connectivity index (χ1) is 17.8. The second-order valence-corrected chi connectivity index (χ2v) is 10.8. The molecular formula is C27H42ClN5O4. The zero-order valence-corrected chi connectivity index (χ0v) is 23.1. The quantitative estimate of drug-likeness (QED) is 0.302. The minimum Gasteiger partial charge on any atom is -0.453 e. The van der Waals surface area contributed by atoms with E-state index in [1.165, 1.54) is 39.2 Å². The van der Waals surface area contributed by atoms with E-state index in [0.29, 0.717) is 48.9 Å². The molecule has 4 N–H and O–H groups in total. The summed E-state index contributed by atoms with van der Waals surface area (Å²) in [6.07, 6.45) is 8.55. The lowest BCUT2D eigenvalue weighted by atomic mass is 9.83. The van der Waals surface area contributed by atoms with Crippen LogP contribution < -0.4 is 21.3 Å². The van der Waals surface area contributed by atoms with Crippen molar-refractivity contribution in [1.29, 1.82) is 0 Å². The van der Waals surface area contributed by atoms with Crippen LogP contribution in [0.15, 0.2) is 18.2 Å². The highest BCUT2D eigenvalue weighted by Gasteiger charge is 2.42. The van der Waals surface area contributed by atoms with Gasteiger partial charge >= 0.3 is 12.1 Å². The van der Waals surface area contributed by atoms with Crippen LogP contribution in [0.25, 0.3) is 0 Å². The number of nitrogens with zero attached hydrogens (tertiary/aromatic N) is 1. The molecule has 0 radical (unpaired) electrons. The van der Waals surface area contributed by atoms with Crippen molar-refractivity contribution in [2.24, 2.45) is 5.92 Å². The Kier molecular flexibility index (Phi) is 10.9. The lowest BCUT2D eigenvalue weighted by Gasteiger charge is -2.33. The number of alkyl carbamates (subject to hydrolysis) is 1. The predicted octanol–water partition coefficient (Wildman–Crippen LogP) is 4.00. The molecule has 3 rings (SSSR count). The van der Waals surface area contributed by atoms with Crippen molar-refractivity contribution in [2.75, 3.05) is 40.8 Å². The topological polar surface area (TPSA) is 112 Å². The van der Waals surface area contributed by atoms with Gasteiger partial charge in [0.25, 0.3) is 5.91 Å². The van der Waals surface area contributed by atoms with E-state index in [1.54, 1.807) is 24.1 Å². The summed E-state index contributed by atoms with van der Waals surface area (Å²) >= 11 is 6.31. The first kappa shape index (κ1) is 29.0. The number of likely N-dealkylation sites (N-methyl/N-ethyl adjacent to an activating group) is 1. The Morgan fingerprint density at radius 1 is 1.24 bits per heavy atom. The molecule has 0 spiro atoms. The number of fused-ring (bicyclic) bond motifs is 1. The van der Waals surface area contributed by atoms with Crippen LogP contribution in [0.4, 0.5) is 9.59 Å².